The second kappa shape index (κ2) is 7.04. The lowest BCUT2D eigenvalue weighted by Crippen LogP contribution is -2.23. The molecule has 31 heavy (non-hydrogen) atoms. The highest BCUT2D eigenvalue weighted by Crippen LogP contribution is 2.33. The summed E-state index contributed by atoms with van der Waals surface area (Å²) in [7, 11) is 0. The molecule has 0 aliphatic carbocycles. The van der Waals surface area contributed by atoms with Crippen molar-refractivity contribution in [2.24, 2.45) is 0 Å². The summed E-state index contributed by atoms with van der Waals surface area (Å²) < 4.78 is 57.7. The number of aromatic amines is 1. The summed E-state index contributed by atoms with van der Waals surface area (Å²) in [5.41, 5.74) is 0.157. The Balaban J connectivity index is 1.29. The second-order valence-electron chi connectivity index (χ2n) is 6.78. The van der Waals surface area contributed by atoms with Gasteiger partial charge in [0.15, 0.2) is 17.3 Å². The lowest BCUT2D eigenvalue weighted by Gasteiger charge is -2.22. The summed E-state index contributed by atoms with van der Waals surface area (Å²) in [4.78, 5) is 12.4. The summed E-state index contributed by atoms with van der Waals surface area (Å²) >= 11 is 0. The number of imidazole rings is 1. The molecule has 158 valence electrons. The minimum atomic E-state index is -4.65. The van der Waals surface area contributed by atoms with Crippen LogP contribution in [0.4, 0.5) is 29.2 Å². The average molecular weight is 431 g/mol. The van der Waals surface area contributed by atoms with Crippen molar-refractivity contribution in [2.75, 3.05) is 5.32 Å². The van der Waals surface area contributed by atoms with Crippen molar-refractivity contribution >= 4 is 28.7 Å². The Hall–Kier alpha value is -4.02. The van der Waals surface area contributed by atoms with E-state index in [0.717, 1.165) is 11.6 Å². The fourth-order valence-corrected chi connectivity index (χ4v) is 3.13. The van der Waals surface area contributed by atoms with Crippen LogP contribution in [0.25, 0.3) is 17.1 Å². The van der Waals surface area contributed by atoms with Crippen LogP contribution in [0.5, 0.6) is 5.75 Å². The lowest BCUT2D eigenvalue weighted by atomic mass is 10.2. The van der Waals surface area contributed by atoms with Crippen LogP contribution in [0.15, 0.2) is 53.3 Å². The quantitative estimate of drug-likeness (QED) is 0.431. The zero-order valence-corrected chi connectivity index (χ0v) is 15.6. The van der Waals surface area contributed by atoms with E-state index in [1.165, 1.54) is 0 Å². The molecule has 0 fully saturated rings. The number of rotatable bonds is 4. The van der Waals surface area contributed by atoms with Crippen molar-refractivity contribution in [1.82, 2.24) is 20.2 Å². The standard InChI is InChI=1S/C20H13F4N5O2/c21-15-7-12(20(22,23)24)8-16-18(15)28-19(27-16)26-13-1-3-14(4-2-13)31-29-6-5-17-11(10-29)9-25-30-17/h1-9H,10H2,(H2,26,27,28). The number of anilines is 2. The number of halogens is 4. The van der Waals surface area contributed by atoms with E-state index in [1.807, 2.05) is 0 Å². The van der Waals surface area contributed by atoms with Gasteiger partial charge in [0.25, 0.3) is 0 Å². The van der Waals surface area contributed by atoms with Gasteiger partial charge in [0.2, 0.25) is 5.95 Å². The van der Waals surface area contributed by atoms with Crippen LogP contribution in [-0.4, -0.2) is 20.2 Å². The molecule has 0 bridgehead atoms. The molecule has 2 N–H and O–H groups in total. The van der Waals surface area contributed by atoms with Gasteiger partial charge in [-0.1, -0.05) is 5.16 Å². The van der Waals surface area contributed by atoms with Gasteiger partial charge >= 0.3 is 6.18 Å². The average Bonchev–Trinajstić information content (AvgIpc) is 3.35. The number of hydroxylamine groups is 2. The van der Waals surface area contributed by atoms with E-state index < -0.39 is 17.6 Å². The second-order valence-corrected chi connectivity index (χ2v) is 6.78. The third-order valence-electron chi connectivity index (χ3n) is 4.60. The van der Waals surface area contributed by atoms with E-state index in [0.29, 0.717) is 29.8 Å². The van der Waals surface area contributed by atoms with Gasteiger partial charge in [-0.3, -0.25) is 0 Å². The highest BCUT2D eigenvalue weighted by atomic mass is 19.4. The monoisotopic (exact) mass is 431 g/mol. The van der Waals surface area contributed by atoms with Crippen LogP contribution in [0.1, 0.15) is 16.9 Å². The first kappa shape index (κ1) is 19.0. The number of aromatic nitrogens is 3. The Bertz CT molecular complexity index is 1280. The molecule has 5 rings (SSSR count). The number of nitrogens with one attached hydrogen (secondary N) is 2. The van der Waals surface area contributed by atoms with E-state index >= 15 is 0 Å². The van der Waals surface area contributed by atoms with Crippen molar-refractivity contribution < 1.29 is 26.9 Å². The van der Waals surface area contributed by atoms with E-state index in [2.05, 4.69) is 20.4 Å². The first-order chi connectivity index (χ1) is 14.8. The maximum Gasteiger partial charge on any atom is 0.416 e. The zero-order chi connectivity index (χ0) is 21.6. The normalized spacial score (nSPS) is 13.5. The third-order valence-corrected chi connectivity index (χ3v) is 4.60. The molecular formula is C20H13F4N5O2. The van der Waals surface area contributed by atoms with Gasteiger partial charge in [-0.2, -0.15) is 13.2 Å². The molecule has 3 heterocycles. The first-order valence-corrected chi connectivity index (χ1v) is 9.05. The summed E-state index contributed by atoms with van der Waals surface area (Å²) in [6, 6.07) is 8.03. The van der Waals surface area contributed by atoms with E-state index in [1.54, 1.807) is 47.8 Å². The predicted molar refractivity (Wildman–Crippen MR) is 102 cm³/mol. The largest absolute Gasteiger partial charge is 0.416 e. The van der Waals surface area contributed by atoms with Crippen LogP contribution in [0, 0.1) is 5.82 Å². The smallest absolute Gasteiger partial charge is 0.380 e. The van der Waals surface area contributed by atoms with Gasteiger partial charge in [-0.15, -0.1) is 0 Å². The van der Waals surface area contributed by atoms with Crippen LogP contribution in [0.2, 0.25) is 0 Å². The van der Waals surface area contributed by atoms with Gasteiger partial charge < -0.3 is 19.7 Å². The Morgan fingerprint density at radius 3 is 2.74 bits per heavy atom. The van der Waals surface area contributed by atoms with Crippen LogP contribution in [0.3, 0.4) is 0 Å². The van der Waals surface area contributed by atoms with Crippen LogP contribution in [-0.2, 0) is 12.7 Å². The van der Waals surface area contributed by atoms with E-state index in [9.17, 15) is 17.6 Å². The molecule has 0 amide bonds. The molecule has 0 saturated heterocycles. The highest BCUT2D eigenvalue weighted by molar-refractivity contribution is 5.80. The molecule has 0 spiro atoms. The predicted octanol–water partition coefficient (Wildman–Crippen LogP) is 5.23. The maximum atomic E-state index is 14.0. The SMILES string of the molecule is Fc1cc(C(F)(F)F)cc2[nH]c(Nc3ccc(ON4C=Cc5oncc5C4)cc3)nc12. The topological polar surface area (TPSA) is 79.2 Å². The number of hydrogen-bond donors (Lipinski definition) is 2. The van der Waals surface area contributed by atoms with Gasteiger partial charge in [-0.05, 0) is 36.4 Å². The lowest BCUT2D eigenvalue weighted by molar-refractivity contribution is -0.137. The fraction of sp³-hybridized carbons (Fsp3) is 0.100. The Morgan fingerprint density at radius 1 is 1.16 bits per heavy atom. The molecule has 1 aliphatic rings. The summed E-state index contributed by atoms with van der Waals surface area (Å²) in [6.45, 7) is 0.472. The summed E-state index contributed by atoms with van der Waals surface area (Å²) in [5, 5.41) is 8.24. The first-order valence-electron chi connectivity index (χ1n) is 9.05. The van der Waals surface area contributed by atoms with Crippen molar-refractivity contribution in [3.05, 3.63) is 71.5 Å². The number of benzene rings is 2. The fourth-order valence-electron chi connectivity index (χ4n) is 3.13. The van der Waals surface area contributed by atoms with Crippen molar-refractivity contribution in [1.29, 1.82) is 0 Å². The minimum absolute atomic E-state index is 0.0558. The molecule has 2 aromatic carbocycles. The number of nitrogens with zero attached hydrogens (tertiary/aromatic N) is 3. The van der Waals surface area contributed by atoms with E-state index in [4.69, 9.17) is 9.36 Å². The third kappa shape index (κ3) is 3.77. The van der Waals surface area contributed by atoms with Crippen molar-refractivity contribution in [3.63, 3.8) is 0 Å². The Morgan fingerprint density at radius 2 is 1.97 bits per heavy atom. The van der Waals surface area contributed by atoms with Gasteiger partial charge in [0.1, 0.15) is 5.52 Å². The molecule has 11 heteroatoms. The molecule has 2 aromatic heterocycles. The molecular weight excluding hydrogens is 418 g/mol. The number of hydrogen-bond acceptors (Lipinski definition) is 6. The maximum absolute atomic E-state index is 14.0. The minimum Gasteiger partial charge on any atom is -0.380 e. The van der Waals surface area contributed by atoms with Crippen LogP contribution >= 0.6 is 0 Å². The molecule has 0 atom stereocenters. The van der Waals surface area contributed by atoms with Gasteiger partial charge in [0.05, 0.1) is 23.8 Å². The number of alkyl halides is 3. The number of H-pyrrole nitrogens is 1. The highest BCUT2D eigenvalue weighted by Gasteiger charge is 2.32. The van der Waals surface area contributed by atoms with Gasteiger partial charge in [-0.25, -0.2) is 14.4 Å². The van der Waals surface area contributed by atoms with Crippen molar-refractivity contribution in [3.8, 4) is 5.75 Å². The van der Waals surface area contributed by atoms with Gasteiger partial charge in [0, 0.05) is 23.5 Å². The molecule has 0 saturated carbocycles. The molecule has 0 radical (unpaired) electrons. The summed E-state index contributed by atoms with van der Waals surface area (Å²) in [6.07, 6.45) is 0.434. The number of fused-ring (bicyclic) bond motifs is 2. The Labute approximate surface area is 171 Å². The molecule has 4 aromatic rings. The molecule has 0 unspecified atom stereocenters. The Kier molecular flexibility index (Phi) is 4.31. The van der Waals surface area contributed by atoms with Crippen LogP contribution < -0.4 is 10.2 Å². The molecule has 7 nitrogen and oxygen atoms in total. The summed E-state index contributed by atoms with van der Waals surface area (Å²) in [5.74, 6) is 0.300. The van der Waals surface area contributed by atoms with E-state index in [-0.39, 0.29) is 17.0 Å². The van der Waals surface area contributed by atoms with Crippen molar-refractivity contribution in [2.45, 2.75) is 12.7 Å². The zero-order valence-electron chi connectivity index (χ0n) is 15.6. The molecule has 1 aliphatic heterocycles.